The molecule has 20 heavy (non-hydrogen) atoms. The van der Waals surface area contributed by atoms with Crippen LogP contribution >= 0.6 is 22.6 Å². The van der Waals surface area contributed by atoms with E-state index in [9.17, 15) is 20.2 Å². The third-order valence-electron chi connectivity index (χ3n) is 3.18. The Morgan fingerprint density at radius 3 is 2.55 bits per heavy atom. The molecule has 1 rings (SSSR count). The minimum absolute atomic E-state index is 0.147. The zero-order chi connectivity index (χ0) is 15.3. The first-order chi connectivity index (χ1) is 9.39. The van der Waals surface area contributed by atoms with Crippen LogP contribution in [-0.2, 0) is 0 Å². The molecule has 0 saturated carbocycles. The molecule has 1 aromatic rings. The van der Waals surface area contributed by atoms with Gasteiger partial charge < -0.3 is 5.32 Å². The topological polar surface area (TPSA) is 96.0 Å². The standard InChI is InChI=1S/C13H14IN3O3/c1-3-13(4-2,8-15)16-12(18)10-7-9(17(19)20)5-6-11(10)14/h5-7H,3-4H2,1-2H3,(H,16,18). The Bertz CT molecular complexity index is 577. The van der Waals surface area contributed by atoms with Gasteiger partial charge in [0.05, 0.1) is 16.6 Å². The predicted octanol–water partition coefficient (Wildman–Crippen LogP) is 3.01. The lowest BCUT2D eigenvalue weighted by atomic mass is 9.94. The highest BCUT2D eigenvalue weighted by atomic mass is 127. The molecule has 0 aromatic heterocycles. The molecular weight excluding hydrogens is 373 g/mol. The van der Waals surface area contributed by atoms with Gasteiger partial charge in [0, 0.05) is 15.7 Å². The van der Waals surface area contributed by atoms with E-state index in [0.29, 0.717) is 16.4 Å². The third-order valence-corrected chi connectivity index (χ3v) is 4.12. The largest absolute Gasteiger partial charge is 0.334 e. The van der Waals surface area contributed by atoms with E-state index in [1.54, 1.807) is 0 Å². The van der Waals surface area contributed by atoms with Crippen molar-refractivity contribution in [3.05, 3.63) is 37.4 Å². The average Bonchev–Trinajstić information content (AvgIpc) is 2.45. The summed E-state index contributed by atoms with van der Waals surface area (Å²) in [5, 5.41) is 22.6. The Kier molecular flexibility index (Phi) is 5.44. The van der Waals surface area contributed by atoms with Crippen LogP contribution in [0.3, 0.4) is 0 Å². The molecular formula is C13H14IN3O3. The van der Waals surface area contributed by atoms with Gasteiger partial charge in [0.2, 0.25) is 0 Å². The SMILES string of the molecule is CCC(C#N)(CC)NC(=O)c1cc([N+](=O)[O-])ccc1I. The van der Waals surface area contributed by atoms with Crippen LogP contribution in [0.4, 0.5) is 5.69 Å². The number of benzene rings is 1. The monoisotopic (exact) mass is 387 g/mol. The van der Waals surface area contributed by atoms with Gasteiger partial charge in [-0.2, -0.15) is 5.26 Å². The highest BCUT2D eigenvalue weighted by Gasteiger charge is 2.29. The Morgan fingerprint density at radius 1 is 1.50 bits per heavy atom. The number of nitrogens with one attached hydrogen (secondary N) is 1. The molecule has 0 bridgehead atoms. The number of non-ortho nitro benzene ring substituents is 1. The molecule has 0 fully saturated rings. The molecule has 0 heterocycles. The summed E-state index contributed by atoms with van der Waals surface area (Å²) >= 11 is 1.94. The van der Waals surface area contributed by atoms with Crippen molar-refractivity contribution < 1.29 is 9.72 Å². The van der Waals surface area contributed by atoms with Crippen LogP contribution in [0.15, 0.2) is 18.2 Å². The molecule has 0 aliphatic carbocycles. The maximum atomic E-state index is 12.2. The van der Waals surface area contributed by atoms with Crippen LogP contribution in [0.2, 0.25) is 0 Å². The third kappa shape index (κ3) is 3.45. The van der Waals surface area contributed by atoms with Crippen LogP contribution in [0.5, 0.6) is 0 Å². The molecule has 1 aromatic carbocycles. The number of carbonyl (C=O) groups is 1. The molecule has 0 aliphatic heterocycles. The second-order valence-electron chi connectivity index (χ2n) is 4.28. The fourth-order valence-corrected chi connectivity index (χ4v) is 2.28. The van der Waals surface area contributed by atoms with E-state index in [4.69, 9.17) is 0 Å². The lowest BCUT2D eigenvalue weighted by Gasteiger charge is -2.25. The molecule has 0 spiro atoms. The van der Waals surface area contributed by atoms with Crippen molar-refractivity contribution in [1.29, 1.82) is 5.26 Å². The lowest BCUT2D eigenvalue weighted by Crippen LogP contribution is -2.46. The van der Waals surface area contributed by atoms with E-state index in [2.05, 4.69) is 11.4 Å². The molecule has 106 valence electrons. The number of hydrogen-bond acceptors (Lipinski definition) is 4. The highest BCUT2D eigenvalue weighted by molar-refractivity contribution is 14.1. The molecule has 6 nitrogen and oxygen atoms in total. The number of nitro benzene ring substituents is 1. The van der Waals surface area contributed by atoms with Crippen molar-refractivity contribution in [3.63, 3.8) is 0 Å². The van der Waals surface area contributed by atoms with Gasteiger partial charge in [-0.05, 0) is 41.5 Å². The summed E-state index contributed by atoms with van der Waals surface area (Å²) < 4.78 is 0.602. The molecule has 1 amide bonds. The van der Waals surface area contributed by atoms with Crippen molar-refractivity contribution in [2.75, 3.05) is 0 Å². The molecule has 0 aliphatic rings. The van der Waals surface area contributed by atoms with Crippen LogP contribution < -0.4 is 5.32 Å². The smallest absolute Gasteiger partial charge is 0.270 e. The maximum Gasteiger partial charge on any atom is 0.270 e. The number of carbonyl (C=O) groups excluding carboxylic acids is 1. The summed E-state index contributed by atoms with van der Waals surface area (Å²) in [4.78, 5) is 22.5. The summed E-state index contributed by atoms with van der Waals surface area (Å²) in [5.74, 6) is -0.469. The summed E-state index contributed by atoms with van der Waals surface area (Å²) in [7, 11) is 0. The Hall–Kier alpha value is -1.69. The van der Waals surface area contributed by atoms with Gasteiger partial charge in [-0.25, -0.2) is 0 Å². The van der Waals surface area contributed by atoms with Crippen molar-refractivity contribution in [3.8, 4) is 6.07 Å². The van der Waals surface area contributed by atoms with Gasteiger partial charge in [-0.3, -0.25) is 14.9 Å². The van der Waals surface area contributed by atoms with E-state index in [1.807, 2.05) is 36.4 Å². The van der Waals surface area contributed by atoms with Gasteiger partial charge in [-0.1, -0.05) is 13.8 Å². The fourth-order valence-electron chi connectivity index (χ4n) is 1.70. The normalized spacial score (nSPS) is 10.7. The number of rotatable bonds is 5. The van der Waals surface area contributed by atoms with E-state index >= 15 is 0 Å². The highest BCUT2D eigenvalue weighted by Crippen LogP contribution is 2.21. The Labute approximate surface area is 130 Å². The number of amides is 1. The Morgan fingerprint density at radius 2 is 2.10 bits per heavy atom. The predicted molar refractivity (Wildman–Crippen MR) is 82.2 cm³/mol. The van der Waals surface area contributed by atoms with E-state index in [0.717, 1.165) is 0 Å². The van der Waals surface area contributed by atoms with Crippen LogP contribution in [0.1, 0.15) is 37.0 Å². The summed E-state index contributed by atoms with van der Waals surface area (Å²) in [6.45, 7) is 3.62. The van der Waals surface area contributed by atoms with Crippen molar-refractivity contribution in [1.82, 2.24) is 5.32 Å². The maximum absolute atomic E-state index is 12.2. The first kappa shape index (κ1) is 16.4. The second-order valence-corrected chi connectivity index (χ2v) is 5.44. The van der Waals surface area contributed by atoms with E-state index < -0.39 is 16.4 Å². The van der Waals surface area contributed by atoms with Crippen LogP contribution in [0.25, 0.3) is 0 Å². The number of hydrogen-bond donors (Lipinski definition) is 1. The van der Waals surface area contributed by atoms with Gasteiger partial charge in [-0.15, -0.1) is 0 Å². The molecule has 0 unspecified atom stereocenters. The molecule has 0 radical (unpaired) electrons. The molecule has 1 N–H and O–H groups in total. The second kappa shape index (κ2) is 6.65. The van der Waals surface area contributed by atoms with E-state index in [1.165, 1.54) is 18.2 Å². The summed E-state index contributed by atoms with van der Waals surface area (Å²) in [6.07, 6.45) is 0.939. The van der Waals surface area contributed by atoms with Gasteiger partial charge in [0.25, 0.3) is 11.6 Å². The van der Waals surface area contributed by atoms with Crippen molar-refractivity contribution in [2.24, 2.45) is 0 Å². The number of nitriles is 1. The van der Waals surface area contributed by atoms with E-state index in [-0.39, 0.29) is 11.3 Å². The van der Waals surface area contributed by atoms with Gasteiger partial charge in [0.15, 0.2) is 0 Å². The summed E-state index contributed by atoms with van der Waals surface area (Å²) in [5.41, 5.74) is -0.877. The van der Waals surface area contributed by atoms with Crippen LogP contribution in [0, 0.1) is 25.0 Å². The minimum Gasteiger partial charge on any atom is -0.334 e. The van der Waals surface area contributed by atoms with Crippen LogP contribution in [-0.4, -0.2) is 16.4 Å². The molecule has 7 heteroatoms. The lowest BCUT2D eigenvalue weighted by molar-refractivity contribution is -0.384. The fraction of sp³-hybridized carbons (Fsp3) is 0.385. The average molecular weight is 387 g/mol. The van der Waals surface area contributed by atoms with Gasteiger partial charge >= 0.3 is 0 Å². The Balaban J connectivity index is 3.13. The van der Waals surface area contributed by atoms with Gasteiger partial charge in [0.1, 0.15) is 5.54 Å². The minimum atomic E-state index is -0.940. The molecule has 0 saturated heterocycles. The number of nitro groups is 1. The first-order valence-electron chi connectivity index (χ1n) is 6.06. The first-order valence-corrected chi connectivity index (χ1v) is 7.14. The zero-order valence-corrected chi connectivity index (χ0v) is 13.3. The number of halogens is 1. The van der Waals surface area contributed by atoms with Crippen molar-refractivity contribution in [2.45, 2.75) is 32.2 Å². The zero-order valence-electron chi connectivity index (χ0n) is 11.1. The summed E-state index contributed by atoms with van der Waals surface area (Å²) in [6, 6.07) is 6.19. The number of nitrogens with zero attached hydrogens (tertiary/aromatic N) is 2. The quantitative estimate of drug-likeness (QED) is 0.477. The van der Waals surface area contributed by atoms with Crippen molar-refractivity contribution >= 4 is 34.2 Å². The molecule has 0 atom stereocenters.